The van der Waals surface area contributed by atoms with E-state index >= 15 is 0 Å². The van der Waals surface area contributed by atoms with E-state index in [4.69, 9.17) is 21.4 Å². The number of aromatic nitrogens is 3. The molecule has 0 radical (unpaired) electrons. The summed E-state index contributed by atoms with van der Waals surface area (Å²) < 4.78 is 7.16. The van der Waals surface area contributed by atoms with Crippen LogP contribution in [0.1, 0.15) is 10.4 Å². The summed E-state index contributed by atoms with van der Waals surface area (Å²) in [7, 11) is 0. The van der Waals surface area contributed by atoms with Crippen LogP contribution in [0.15, 0.2) is 24.4 Å². The molecule has 2 aromatic rings. The van der Waals surface area contributed by atoms with Crippen molar-refractivity contribution in [2.75, 3.05) is 5.44 Å². The Hall–Kier alpha value is -1.54. The monoisotopic (exact) mass is 371 g/mol. The minimum absolute atomic E-state index is 0.0371. The number of hydrogen-bond acceptors (Lipinski definition) is 4. The van der Waals surface area contributed by atoms with Gasteiger partial charge in [0.15, 0.2) is 0 Å². The number of hydrogen-bond donors (Lipinski definition) is 1. The Bertz CT molecular complexity index is 667. The molecule has 2 aromatic heterocycles. The van der Waals surface area contributed by atoms with E-state index < -0.39 is 19.2 Å². The van der Waals surface area contributed by atoms with E-state index in [1.807, 2.05) is 0 Å². The zero-order chi connectivity index (χ0) is 15.6. The Morgan fingerprint density at radius 3 is 2.67 bits per heavy atom. The number of carboxylic acids is 1. The molecule has 0 spiro atoms. The Labute approximate surface area is 130 Å². The minimum atomic E-state index is -1.78. The van der Waals surface area contributed by atoms with Gasteiger partial charge in [-0.3, -0.25) is 0 Å². The maximum atomic E-state index is 10.9. The van der Waals surface area contributed by atoms with Gasteiger partial charge in [0.25, 0.3) is 0 Å². The SMILES string of the molecule is [CH3][Ge]([CH3])([CH3])[CH2]Oc1ccn(-c2ccc(C(=O)O)c(Cl)n2)n1. The molecule has 8 heteroatoms. The summed E-state index contributed by atoms with van der Waals surface area (Å²) in [5, 5.41) is 13.1. The van der Waals surface area contributed by atoms with Gasteiger partial charge in [0.2, 0.25) is 0 Å². The molecule has 0 aromatic carbocycles. The van der Waals surface area contributed by atoms with Crippen LogP contribution >= 0.6 is 11.6 Å². The van der Waals surface area contributed by atoms with Gasteiger partial charge in [-0.15, -0.1) is 0 Å². The number of carbonyl (C=O) groups is 1. The van der Waals surface area contributed by atoms with Crippen LogP contribution in [0.4, 0.5) is 0 Å². The molecule has 0 bridgehead atoms. The second-order valence-electron chi connectivity index (χ2n) is 5.76. The number of rotatable bonds is 5. The molecule has 2 rings (SSSR count). The van der Waals surface area contributed by atoms with Gasteiger partial charge in [0, 0.05) is 0 Å². The summed E-state index contributed by atoms with van der Waals surface area (Å²) in [6, 6.07) is 4.70. The molecule has 0 saturated carbocycles. The fourth-order valence-electron chi connectivity index (χ4n) is 1.51. The second-order valence-corrected chi connectivity index (χ2v) is 17.5. The van der Waals surface area contributed by atoms with Crippen molar-refractivity contribution in [2.24, 2.45) is 0 Å². The number of carboxylic acid groups (broad SMARTS) is 1. The fourth-order valence-corrected chi connectivity index (χ4v) is 2.96. The molecule has 2 heterocycles. The van der Waals surface area contributed by atoms with E-state index in [0.717, 1.165) is 5.44 Å². The van der Waals surface area contributed by atoms with Gasteiger partial charge in [-0.1, -0.05) is 0 Å². The van der Waals surface area contributed by atoms with E-state index in [9.17, 15) is 4.79 Å². The van der Waals surface area contributed by atoms with Gasteiger partial charge in [0.1, 0.15) is 0 Å². The molecule has 0 aliphatic heterocycles. The maximum absolute atomic E-state index is 10.9. The van der Waals surface area contributed by atoms with Crippen LogP contribution in [0.3, 0.4) is 0 Å². The zero-order valence-corrected chi connectivity index (χ0v) is 14.9. The van der Waals surface area contributed by atoms with Crippen LogP contribution in [0.25, 0.3) is 5.82 Å². The molecule has 0 aliphatic carbocycles. The molecule has 0 saturated heterocycles. The Morgan fingerprint density at radius 2 is 2.10 bits per heavy atom. The Morgan fingerprint density at radius 1 is 1.38 bits per heavy atom. The van der Waals surface area contributed by atoms with Crippen molar-refractivity contribution in [1.29, 1.82) is 0 Å². The predicted octanol–water partition coefficient (Wildman–Crippen LogP) is 2.88. The van der Waals surface area contributed by atoms with Crippen molar-refractivity contribution < 1.29 is 14.6 Å². The average Bonchev–Trinajstić information content (AvgIpc) is 2.83. The van der Waals surface area contributed by atoms with Crippen LogP contribution in [-0.4, -0.2) is 44.5 Å². The first kappa shape index (κ1) is 15.8. The van der Waals surface area contributed by atoms with Gasteiger partial charge >= 0.3 is 130 Å². The first-order chi connectivity index (χ1) is 9.76. The van der Waals surface area contributed by atoms with Crippen molar-refractivity contribution in [3.8, 4) is 11.7 Å². The van der Waals surface area contributed by atoms with Crippen molar-refractivity contribution >= 4 is 30.8 Å². The van der Waals surface area contributed by atoms with Gasteiger partial charge < -0.3 is 0 Å². The molecule has 6 nitrogen and oxygen atoms in total. The summed E-state index contributed by atoms with van der Waals surface area (Å²) in [4.78, 5) is 14.9. The normalized spacial score (nSPS) is 11.4. The molecule has 0 unspecified atom stereocenters. The van der Waals surface area contributed by atoms with Crippen LogP contribution in [0.2, 0.25) is 22.4 Å². The Kier molecular flexibility index (Phi) is 4.58. The topological polar surface area (TPSA) is 77.2 Å². The van der Waals surface area contributed by atoms with Crippen molar-refractivity contribution in [2.45, 2.75) is 17.3 Å². The molecule has 112 valence electrons. The third-order valence-electron chi connectivity index (χ3n) is 2.52. The van der Waals surface area contributed by atoms with E-state index in [0.29, 0.717) is 11.7 Å². The van der Waals surface area contributed by atoms with E-state index in [1.54, 1.807) is 18.3 Å². The van der Waals surface area contributed by atoms with Crippen molar-refractivity contribution in [3.05, 3.63) is 35.1 Å². The average molecular weight is 370 g/mol. The summed E-state index contributed by atoms with van der Waals surface area (Å²) in [6.07, 6.45) is 1.70. The number of pyridine rings is 1. The molecular formula is C13H16ClGeN3O3. The summed E-state index contributed by atoms with van der Waals surface area (Å²) in [5.74, 6) is 6.61. The Balaban J connectivity index is 2.18. The molecule has 0 aliphatic rings. The number of nitrogens with zero attached hydrogens (tertiary/aromatic N) is 3. The predicted molar refractivity (Wildman–Crippen MR) is 82.2 cm³/mol. The van der Waals surface area contributed by atoms with Gasteiger partial charge in [0.05, 0.1) is 0 Å². The van der Waals surface area contributed by atoms with Crippen LogP contribution in [0.5, 0.6) is 5.88 Å². The number of halogens is 1. The third kappa shape index (κ3) is 4.21. The summed E-state index contributed by atoms with van der Waals surface area (Å²) in [6.45, 7) is 0. The molecule has 21 heavy (non-hydrogen) atoms. The van der Waals surface area contributed by atoms with E-state index in [-0.39, 0.29) is 10.7 Å². The quantitative estimate of drug-likeness (QED) is 0.647. The van der Waals surface area contributed by atoms with Gasteiger partial charge in [-0.05, 0) is 0 Å². The van der Waals surface area contributed by atoms with Crippen molar-refractivity contribution in [3.63, 3.8) is 0 Å². The molecule has 0 amide bonds. The molecule has 0 fully saturated rings. The first-order valence-electron chi connectivity index (χ1n) is 6.35. The van der Waals surface area contributed by atoms with Gasteiger partial charge in [-0.25, -0.2) is 0 Å². The number of ether oxygens (including phenoxy) is 1. The first-order valence-corrected chi connectivity index (χ1v) is 14.5. The van der Waals surface area contributed by atoms with Crippen LogP contribution < -0.4 is 4.74 Å². The second kappa shape index (κ2) is 6.07. The van der Waals surface area contributed by atoms with Crippen molar-refractivity contribution in [1.82, 2.24) is 14.8 Å². The van der Waals surface area contributed by atoms with Crippen LogP contribution in [0, 0.1) is 0 Å². The molecule has 0 atom stereocenters. The molecular weight excluding hydrogens is 354 g/mol. The van der Waals surface area contributed by atoms with E-state index in [2.05, 4.69) is 27.4 Å². The zero-order valence-electron chi connectivity index (χ0n) is 12.0. The standard InChI is InChI=1S/C13H16ClGeN3O3/c1-15(2,3)8-21-11-6-7-18(17-11)10-5-4-9(13(19)20)12(14)16-10/h4-7H,8H2,1-3H3,(H,19,20). The third-order valence-corrected chi connectivity index (χ3v) is 4.92. The fraction of sp³-hybridized carbons (Fsp3) is 0.308. The summed E-state index contributed by atoms with van der Waals surface area (Å²) >= 11 is 4.06. The van der Waals surface area contributed by atoms with Gasteiger partial charge in [-0.2, -0.15) is 0 Å². The number of aromatic carboxylic acids is 1. The van der Waals surface area contributed by atoms with Crippen LogP contribution in [-0.2, 0) is 0 Å². The summed E-state index contributed by atoms with van der Waals surface area (Å²) in [5.41, 5.74) is 0.688. The molecule has 1 N–H and O–H groups in total. The van der Waals surface area contributed by atoms with E-state index in [1.165, 1.54) is 10.7 Å².